The molecule has 22 heavy (non-hydrogen) atoms. The first-order valence-corrected chi connectivity index (χ1v) is 6.80. The van der Waals surface area contributed by atoms with E-state index in [1.165, 1.54) is 0 Å². The fourth-order valence-electron chi connectivity index (χ4n) is 1.92. The minimum atomic E-state index is 0.474. The van der Waals surface area contributed by atoms with Gasteiger partial charge in [0.2, 0.25) is 5.88 Å². The highest BCUT2D eigenvalue weighted by atomic mass is 16.5. The predicted molar refractivity (Wildman–Crippen MR) is 84.1 cm³/mol. The zero-order valence-electron chi connectivity index (χ0n) is 12.0. The second kappa shape index (κ2) is 6.58. The molecular weight excluding hydrogens is 276 g/mol. The summed E-state index contributed by atoms with van der Waals surface area (Å²) >= 11 is 0. The van der Waals surface area contributed by atoms with Crippen molar-refractivity contribution in [2.24, 2.45) is 0 Å². The lowest BCUT2D eigenvalue weighted by Gasteiger charge is -2.04. The summed E-state index contributed by atoms with van der Waals surface area (Å²) in [5.74, 6) is 1.19. The zero-order valence-corrected chi connectivity index (χ0v) is 12.0. The molecule has 0 saturated heterocycles. The summed E-state index contributed by atoms with van der Waals surface area (Å²) in [6.45, 7) is 2.01. The van der Waals surface area contributed by atoms with E-state index in [0.29, 0.717) is 5.88 Å². The molecule has 0 bridgehead atoms. The Kier molecular flexibility index (Phi) is 4.15. The second-order valence-electron chi connectivity index (χ2n) is 4.63. The van der Waals surface area contributed by atoms with E-state index in [0.717, 1.165) is 22.6 Å². The Hall–Kier alpha value is -3.08. The third-order valence-electron chi connectivity index (χ3n) is 2.99. The van der Waals surface area contributed by atoms with Gasteiger partial charge in [0.1, 0.15) is 5.75 Å². The van der Waals surface area contributed by atoms with Crippen LogP contribution in [-0.4, -0.2) is 19.9 Å². The van der Waals surface area contributed by atoms with E-state index < -0.39 is 0 Å². The van der Waals surface area contributed by atoms with E-state index in [9.17, 15) is 0 Å². The molecule has 2 aromatic heterocycles. The SMILES string of the molecule is CC(=Cc1ccc(Oc2cnccn2)cc1)c1cnccn1. The number of allylic oxidation sites excluding steroid dienone is 1. The van der Waals surface area contributed by atoms with Crippen LogP contribution in [0.1, 0.15) is 18.2 Å². The molecule has 0 N–H and O–H groups in total. The Labute approximate surface area is 128 Å². The van der Waals surface area contributed by atoms with Gasteiger partial charge in [-0.05, 0) is 36.3 Å². The molecule has 0 atom stereocenters. The number of rotatable bonds is 4. The third-order valence-corrected chi connectivity index (χ3v) is 2.99. The van der Waals surface area contributed by atoms with Crippen molar-refractivity contribution < 1.29 is 4.74 Å². The molecule has 0 aliphatic carbocycles. The van der Waals surface area contributed by atoms with Gasteiger partial charge in [0.25, 0.3) is 0 Å². The van der Waals surface area contributed by atoms with Crippen LogP contribution in [0.15, 0.2) is 61.4 Å². The van der Waals surface area contributed by atoms with Gasteiger partial charge in [-0.3, -0.25) is 15.0 Å². The van der Waals surface area contributed by atoms with Gasteiger partial charge in [-0.2, -0.15) is 0 Å². The zero-order chi connectivity index (χ0) is 15.2. The Morgan fingerprint density at radius 3 is 2.27 bits per heavy atom. The van der Waals surface area contributed by atoms with Crippen molar-refractivity contribution in [2.75, 3.05) is 0 Å². The van der Waals surface area contributed by atoms with Gasteiger partial charge in [-0.25, -0.2) is 4.98 Å². The lowest BCUT2D eigenvalue weighted by atomic mass is 10.1. The number of aromatic nitrogens is 4. The van der Waals surface area contributed by atoms with Crippen molar-refractivity contribution in [3.05, 3.63) is 72.7 Å². The lowest BCUT2D eigenvalue weighted by Crippen LogP contribution is -1.88. The van der Waals surface area contributed by atoms with Gasteiger partial charge >= 0.3 is 0 Å². The van der Waals surface area contributed by atoms with Crippen LogP contribution in [0.4, 0.5) is 0 Å². The first-order valence-electron chi connectivity index (χ1n) is 6.80. The van der Waals surface area contributed by atoms with Gasteiger partial charge < -0.3 is 4.74 Å². The standard InChI is InChI=1S/C17H14N4O/c1-13(16-11-18-6-8-20-16)10-14-2-4-15(5-3-14)22-17-12-19-7-9-21-17/h2-12H,1H3. The molecule has 1 aromatic carbocycles. The molecule has 0 unspecified atom stereocenters. The van der Waals surface area contributed by atoms with E-state index >= 15 is 0 Å². The second-order valence-corrected chi connectivity index (χ2v) is 4.63. The average molecular weight is 290 g/mol. The fraction of sp³-hybridized carbons (Fsp3) is 0.0588. The van der Waals surface area contributed by atoms with Crippen molar-refractivity contribution in [3.63, 3.8) is 0 Å². The molecule has 3 rings (SSSR count). The van der Waals surface area contributed by atoms with Gasteiger partial charge in [-0.1, -0.05) is 12.1 Å². The molecule has 3 aromatic rings. The van der Waals surface area contributed by atoms with Crippen LogP contribution in [0.3, 0.4) is 0 Å². The monoisotopic (exact) mass is 290 g/mol. The van der Waals surface area contributed by atoms with Gasteiger partial charge in [0.05, 0.1) is 18.1 Å². The Morgan fingerprint density at radius 2 is 1.64 bits per heavy atom. The minimum Gasteiger partial charge on any atom is -0.438 e. The number of hydrogen-bond acceptors (Lipinski definition) is 5. The third kappa shape index (κ3) is 3.52. The van der Waals surface area contributed by atoms with Crippen LogP contribution in [0.2, 0.25) is 0 Å². The molecule has 0 spiro atoms. The summed E-state index contributed by atoms with van der Waals surface area (Å²) in [7, 11) is 0. The summed E-state index contributed by atoms with van der Waals surface area (Å²) in [5.41, 5.74) is 2.98. The number of benzene rings is 1. The van der Waals surface area contributed by atoms with Crippen molar-refractivity contribution in [1.82, 2.24) is 19.9 Å². The maximum absolute atomic E-state index is 5.61. The van der Waals surface area contributed by atoms with E-state index in [-0.39, 0.29) is 0 Å². The van der Waals surface area contributed by atoms with Gasteiger partial charge in [0.15, 0.2) is 0 Å². The summed E-state index contributed by atoms with van der Waals surface area (Å²) in [6.07, 6.45) is 11.9. The van der Waals surface area contributed by atoms with Crippen LogP contribution in [0.5, 0.6) is 11.6 Å². The van der Waals surface area contributed by atoms with E-state index in [1.54, 1.807) is 37.2 Å². The molecule has 5 heteroatoms. The quantitative estimate of drug-likeness (QED) is 0.734. The molecule has 0 radical (unpaired) electrons. The highest BCUT2D eigenvalue weighted by Gasteiger charge is 2.00. The first-order chi connectivity index (χ1) is 10.8. The summed E-state index contributed by atoms with van der Waals surface area (Å²) in [6, 6.07) is 7.74. The highest BCUT2D eigenvalue weighted by Crippen LogP contribution is 2.21. The average Bonchev–Trinajstić information content (AvgIpc) is 2.58. The van der Waals surface area contributed by atoms with Gasteiger partial charge in [-0.15, -0.1) is 0 Å². The van der Waals surface area contributed by atoms with Gasteiger partial charge in [0, 0.05) is 24.8 Å². The molecule has 108 valence electrons. The smallest absolute Gasteiger partial charge is 0.237 e. The Morgan fingerprint density at radius 1 is 0.909 bits per heavy atom. The molecule has 0 fully saturated rings. The van der Waals surface area contributed by atoms with Crippen molar-refractivity contribution >= 4 is 11.6 Å². The molecule has 2 heterocycles. The van der Waals surface area contributed by atoms with Crippen LogP contribution in [0.25, 0.3) is 11.6 Å². The molecular formula is C17H14N4O. The Bertz CT molecular complexity index is 756. The largest absolute Gasteiger partial charge is 0.438 e. The summed E-state index contributed by atoms with van der Waals surface area (Å²) in [4.78, 5) is 16.4. The molecule has 5 nitrogen and oxygen atoms in total. The number of ether oxygens (including phenoxy) is 1. The van der Waals surface area contributed by atoms with E-state index in [1.807, 2.05) is 31.2 Å². The predicted octanol–water partition coefficient (Wildman–Crippen LogP) is 3.62. The highest BCUT2D eigenvalue weighted by molar-refractivity contribution is 5.78. The first kappa shape index (κ1) is 13.9. The number of nitrogens with zero attached hydrogens (tertiary/aromatic N) is 4. The maximum Gasteiger partial charge on any atom is 0.237 e. The van der Waals surface area contributed by atoms with E-state index in [4.69, 9.17) is 4.74 Å². The maximum atomic E-state index is 5.61. The van der Waals surface area contributed by atoms with E-state index in [2.05, 4.69) is 26.0 Å². The van der Waals surface area contributed by atoms with Crippen LogP contribution in [-0.2, 0) is 0 Å². The molecule has 0 aliphatic heterocycles. The van der Waals surface area contributed by atoms with Crippen LogP contribution in [0, 0.1) is 0 Å². The molecule has 0 saturated carbocycles. The lowest BCUT2D eigenvalue weighted by molar-refractivity contribution is 0.460. The van der Waals surface area contributed by atoms with Crippen molar-refractivity contribution in [2.45, 2.75) is 6.92 Å². The fourth-order valence-corrected chi connectivity index (χ4v) is 1.92. The topological polar surface area (TPSA) is 60.8 Å². The summed E-state index contributed by atoms with van der Waals surface area (Å²) in [5, 5.41) is 0. The van der Waals surface area contributed by atoms with Crippen LogP contribution >= 0.6 is 0 Å². The molecule has 0 amide bonds. The van der Waals surface area contributed by atoms with Crippen LogP contribution < -0.4 is 4.74 Å². The normalized spacial score (nSPS) is 11.2. The van der Waals surface area contributed by atoms with Crippen molar-refractivity contribution in [1.29, 1.82) is 0 Å². The molecule has 0 aliphatic rings. The van der Waals surface area contributed by atoms with Crippen molar-refractivity contribution in [3.8, 4) is 11.6 Å². The minimum absolute atomic E-state index is 0.474. The Balaban J connectivity index is 1.74. The summed E-state index contributed by atoms with van der Waals surface area (Å²) < 4.78 is 5.61. The number of hydrogen-bond donors (Lipinski definition) is 0.